The lowest BCUT2D eigenvalue weighted by Crippen LogP contribution is -2.34. The molecule has 27 heavy (non-hydrogen) atoms. The highest BCUT2D eigenvalue weighted by molar-refractivity contribution is 7.17. The lowest BCUT2D eigenvalue weighted by atomic mass is 10.1. The van der Waals surface area contributed by atoms with Gasteiger partial charge in [-0.15, -0.1) is 11.3 Å². The summed E-state index contributed by atoms with van der Waals surface area (Å²) in [5.74, 6) is -0.367. The molecule has 0 atom stereocenters. The molecule has 6 nitrogen and oxygen atoms in total. The minimum atomic E-state index is -4.40. The van der Waals surface area contributed by atoms with Crippen molar-refractivity contribution in [3.05, 3.63) is 40.4 Å². The first-order valence-corrected chi connectivity index (χ1v) is 8.88. The number of rotatable bonds is 6. The fraction of sp³-hybridized carbons (Fsp3) is 0.353. The normalized spacial score (nSPS) is 11.1. The summed E-state index contributed by atoms with van der Waals surface area (Å²) in [5, 5.41) is 5.57. The molecule has 0 radical (unpaired) electrons. The highest BCUT2D eigenvalue weighted by Crippen LogP contribution is 2.32. The van der Waals surface area contributed by atoms with Crippen molar-refractivity contribution in [1.29, 1.82) is 0 Å². The van der Waals surface area contributed by atoms with E-state index in [1.165, 1.54) is 12.1 Å². The van der Waals surface area contributed by atoms with Gasteiger partial charge in [-0.1, -0.05) is 12.1 Å². The third kappa shape index (κ3) is 5.68. The second-order valence-corrected chi connectivity index (χ2v) is 6.41. The molecule has 0 aliphatic carbocycles. The standard InChI is InChI=1S/C17H18F3N3O3S/c1-3-26-16(25)22-9-8-21-14(24)13-10(2)23-15(27-13)11-4-6-12(7-5-11)17(18,19)20/h4-7H,3,8-9H2,1-2H3,(H,21,24)(H,22,25). The summed E-state index contributed by atoms with van der Waals surface area (Å²) < 4.78 is 42.6. The van der Waals surface area contributed by atoms with Crippen LogP contribution in [0.2, 0.25) is 0 Å². The van der Waals surface area contributed by atoms with E-state index in [0.29, 0.717) is 21.1 Å². The summed E-state index contributed by atoms with van der Waals surface area (Å²) in [5.41, 5.74) is 0.233. The van der Waals surface area contributed by atoms with Crippen LogP contribution in [0.25, 0.3) is 10.6 Å². The molecule has 0 saturated carbocycles. The molecule has 10 heteroatoms. The van der Waals surface area contributed by atoms with Gasteiger partial charge in [0.15, 0.2) is 0 Å². The Morgan fingerprint density at radius 2 is 1.78 bits per heavy atom. The molecule has 1 aromatic carbocycles. The van der Waals surface area contributed by atoms with Crippen molar-refractivity contribution in [2.24, 2.45) is 0 Å². The van der Waals surface area contributed by atoms with E-state index in [2.05, 4.69) is 15.6 Å². The average molecular weight is 401 g/mol. The van der Waals surface area contributed by atoms with Gasteiger partial charge in [0.1, 0.15) is 9.88 Å². The Hall–Kier alpha value is -2.62. The molecular formula is C17H18F3N3O3S. The first-order valence-electron chi connectivity index (χ1n) is 8.06. The highest BCUT2D eigenvalue weighted by Gasteiger charge is 2.30. The fourth-order valence-corrected chi connectivity index (χ4v) is 3.12. The molecule has 1 heterocycles. The molecule has 0 unspecified atom stereocenters. The number of carbonyl (C=O) groups is 2. The van der Waals surface area contributed by atoms with Gasteiger partial charge < -0.3 is 15.4 Å². The number of carbonyl (C=O) groups excluding carboxylic acids is 2. The SMILES string of the molecule is CCOC(=O)NCCNC(=O)c1sc(-c2ccc(C(F)(F)F)cc2)nc1C. The van der Waals surface area contributed by atoms with Gasteiger partial charge in [-0.2, -0.15) is 13.2 Å². The third-order valence-corrected chi connectivity index (χ3v) is 4.62. The van der Waals surface area contributed by atoms with Crippen LogP contribution < -0.4 is 10.6 Å². The zero-order valence-corrected chi connectivity index (χ0v) is 15.5. The van der Waals surface area contributed by atoms with Gasteiger partial charge in [-0.05, 0) is 26.0 Å². The molecule has 0 bridgehead atoms. The van der Waals surface area contributed by atoms with E-state index in [-0.39, 0.29) is 25.6 Å². The largest absolute Gasteiger partial charge is 0.450 e. The summed E-state index contributed by atoms with van der Waals surface area (Å²) in [6.07, 6.45) is -4.97. The molecule has 146 valence electrons. The number of amides is 2. The van der Waals surface area contributed by atoms with Crippen molar-refractivity contribution in [2.75, 3.05) is 19.7 Å². The molecule has 1 aromatic heterocycles. The lowest BCUT2D eigenvalue weighted by Gasteiger charge is -2.06. The second-order valence-electron chi connectivity index (χ2n) is 5.41. The van der Waals surface area contributed by atoms with Crippen molar-refractivity contribution in [2.45, 2.75) is 20.0 Å². The van der Waals surface area contributed by atoms with Gasteiger partial charge in [0.05, 0.1) is 17.9 Å². The monoisotopic (exact) mass is 401 g/mol. The van der Waals surface area contributed by atoms with Crippen LogP contribution in [-0.4, -0.2) is 36.7 Å². The highest BCUT2D eigenvalue weighted by atomic mass is 32.1. The topological polar surface area (TPSA) is 80.3 Å². The Morgan fingerprint density at radius 3 is 2.37 bits per heavy atom. The van der Waals surface area contributed by atoms with Gasteiger partial charge >= 0.3 is 12.3 Å². The predicted molar refractivity (Wildman–Crippen MR) is 94.6 cm³/mol. The first kappa shape index (κ1) is 20.7. The summed E-state index contributed by atoms with van der Waals surface area (Å²) in [6.45, 7) is 3.99. The van der Waals surface area contributed by atoms with Crippen molar-refractivity contribution >= 4 is 23.3 Å². The van der Waals surface area contributed by atoms with E-state index in [0.717, 1.165) is 23.5 Å². The second kappa shape index (κ2) is 8.85. The smallest absolute Gasteiger partial charge is 0.416 e. The number of nitrogens with one attached hydrogen (secondary N) is 2. The Labute approximate surface area is 157 Å². The number of aryl methyl sites for hydroxylation is 1. The number of benzene rings is 1. The van der Waals surface area contributed by atoms with Gasteiger partial charge in [0.25, 0.3) is 5.91 Å². The number of aromatic nitrogens is 1. The zero-order chi connectivity index (χ0) is 20.0. The molecule has 0 aliphatic rings. The number of halogens is 3. The number of thiazole rings is 1. The Morgan fingerprint density at radius 1 is 1.15 bits per heavy atom. The van der Waals surface area contributed by atoms with Crippen LogP contribution in [0, 0.1) is 6.92 Å². The van der Waals surface area contributed by atoms with E-state index < -0.39 is 17.8 Å². The van der Waals surface area contributed by atoms with Crippen LogP contribution >= 0.6 is 11.3 Å². The van der Waals surface area contributed by atoms with E-state index in [9.17, 15) is 22.8 Å². The van der Waals surface area contributed by atoms with Crippen molar-refractivity contribution < 1.29 is 27.5 Å². The molecule has 2 aromatic rings. The summed E-state index contributed by atoms with van der Waals surface area (Å²) >= 11 is 1.09. The van der Waals surface area contributed by atoms with E-state index in [1.54, 1.807) is 13.8 Å². The maximum absolute atomic E-state index is 12.6. The Balaban J connectivity index is 1.99. The molecule has 0 spiro atoms. The molecule has 2 N–H and O–H groups in total. The van der Waals surface area contributed by atoms with Crippen molar-refractivity contribution in [3.63, 3.8) is 0 Å². The maximum atomic E-state index is 12.6. The molecule has 0 fully saturated rings. The average Bonchev–Trinajstić information content (AvgIpc) is 3.00. The molecule has 2 amide bonds. The quantitative estimate of drug-likeness (QED) is 0.725. The molecule has 0 aliphatic heterocycles. The fourth-order valence-electron chi connectivity index (χ4n) is 2.14. The van der Waals surface area contributed by atoms with Crippen LogP contribution in [0.5, 0.6) is 0 Å². The number of alkyl carbamates (subject to hydrolysis) is 1. The Kier molecular flexibility index (Phi) is 6.78. The van der Waals surface area contributed by atoms with Crippen molar-refractivity contribution in [1.82, 2.24) is 15.6 Å². The van der Waals surface area contributed by atoms with E-state index in [1.807, 2.05) is 0 Å². The number of ether oxygens (including phenoxy) is 1. The van der Waals surface area contributed by atoms with Crippen LogP contribution in [0.4, 0.5) is 18.0 Å². The zero-order valence-electron chi connectivity index (χ0n) is 14.6. The minimum absolute atomic E-state index is 0.199. The van der Waals surface area contributed by atoms with Gasteiger partial charge in [-0.3, -0.25) is 4.79 Å². The summed E-state index contributed by atoms with van der Waals surface area (Å²) in [6, 6.07) is 4.61. The summed E-state index contributed by atoms with van der Waals surface area (Å²) in [7, 11) is 0. The van der Waals surface area contributed by atoms with Gasteiger partial charge in [0.2, 0.25) is 0 Å². The predicted octanol–water partition coefficient (Wildman–Crippen LogP) is 3.61. The van der Waals surface area contributed by atoms with Crippen LogP contribution in [0.15, 0.2) is 24.3 Å². The van der Waals surface area contributed by atoms with Gasteiger partial charge in [-0.25, -0.2) is 9.78 Å². The van der Waals surface area contributed by atoms with E-state index >= 15 is 0 Å². The number of nitrogens with zero attached hydrogens (tertiary/aromatic N) is 1. The molecule has 2 rings (SSSR count). The lowest BCUT2D eigenvalue weighted by molar-refractivity contribution is -0.137. The number of hydrogen-bond donors (Lipinski definition) is 2. The minimum Gasteiger partial charge on any atom is -0.450 e. The van der Waals surface area contributed by atoms with Gasteiger partial charge in [0, 0.05) is 18.7 Å². The maximum Gasteiger partial charge on any atom is 0.416 e. The number of hydrogen-bond acceptors (Lipinski definition) is 5. The molecule has 0 saturated heterocycles. The van der Waals surface area contributed by atoms with Crippen LogP contribution in [0.3, 0.4) is 0 Å². The van der Waals surface area contributed by atoms with Crippen molar-refractivity contribution in [3.8, 4) is 10.6 Å². The first-order chi connectivity index (χ1) is 12.7. The third-order valence-electron chi connectivity index (χ3n) is 3.42. The van der Waals surface area contributed by atoms with E-state index in [4.69, 9.17) is 4.74 Å². The van der Waals surface area contributed by atoms with Crippen LogP contribution in [-0.2, 0) is 10.9 Å². The Bertz CT molecular complexity index is 804. The summed E-state index contributed by atoms with van der Waals surface area (Å²) in [4.78, 5) is 28.0. The number of alkyl halides is 3. The molecular weight excluding hydrogens is 383 g/mol. The van der Waals surface area contributed by atoms with Crippen LogP contribution in [0.1, 0.15) is 27.9 Å².